The predicted molar refractivity (Wildman–Crippen MR) is 137 cm³/mol. The lowest BCUT2D eigenvalue weighted by Gasteiger charge is -2.24. The Kier molecular flexibility index (Phi) is 4.46. The van der Waals surface area contributed by atoms with Crippen molar-refractivity contribution >= 4 is 39.8 Å². The molecule has 0 unspecified atom stereocenters. The summed E-state index contributed by atoms with van der Waals surface area (Å²) in [6.45, 7) is 4.44. The molecule has 0 saturated heterocycles. The van der Waals surface area contributed by atoms with Crippen molar-refractivity contribution < 1.29 is 9.21 Å². The van der Waals surface area contributed by atoms with Crippen LogP contribution in [0.5, 0.6) is 0 Å². The van der Waals surface area contributed by atoms with Gasteiger partial charge in [-0.1, -0.05) is 68.4 Å². The predicted octanol–water partition coefficient (Wildman–Crippen LogP) is 6.65. The van der Waals surface area contributed by atoms with Crippen LogP contribution in [0.4, 0.5) is 5.69 Å². The third kappa shape index (κ3) is 2.99. The number of rotatable bonds is 2. The summed E-state index contributed by atoms with van der Waals surface area (Å²) < 4.78 is 5.96. The standard InChI is InChI=1S/C30H24N2O2/c1-30(2)23-12-6-8-14-25(23)32(3)27(30)17-16-21-20-11-5-4-10-19(20)18-22(28(21)33)29-31-24-13-7-9-15-26(24)34-29/h4-18H,1-3H3/b21-16-,27-17-. The van der Waals surface area contributed by atoms with Gasteiger partial charge in [-0.15, -0.1) is 0 Å². The number of carbonyl (C=O) groups excluding carboxylic acids is 1. The molecule has 0 saturated carbocycles. The molecule has 4 heteroatoms. The van der Waals surface area contributed by atoms with Gasteiger partial charge in [0, 0.05) is 29.4 Å². The number of ketones is 1. The maximum absolute atomic E-state index is 13.8. The second-order valence-electron chi connectivity index (χ2n) is 9.29. The van der Waals surface area contributed by atoms with E-state index in [4.69, 9.17) is 4.42 Å². The fourth-order valence-electron chi connectivity index (χ4n) is 5.13. The van der Waals surface area contributed by atoms with Gasteiger partial charge in [0.25, 0.3) is 0 Å². The van der Waals surface area contributed by atoms with E-state index in [1.807, 2.05) is 60.7 Å². The van der Waals surface area contributed by atoms with Gasteiger partial charge in [-0.2, -0.15) is 0 Å². The van der Waals surface area contributed by atoms with E-state index in [1.165, 1.54) is 11.3 Å². The van der Waals surface area contributed by atoms with Crippen LogP contribution >= 0.6 is 0 Å². The molecule has 4 nitrogen and oxygen atoms in total. The number of aromatic nitrogens is 1. The number of allylic oxidation sites excluding steroid dienone is 5. The fourth-order valence-corrected chi connectivity index (χ4v) is 5.13. The summed E-state index contributed by atoms with van der Waals surface area (Å²) in [6.07, 6.45) is 5.92. The number of nitrogens with zero attached hydrogens (tertiary/aromatic N) is 2. The summed E-state index contributed by atoms with van der Waals surface area (Å²) in [5, 5.41) is 0. The van der Waals surface area contributed by atoms with Crippen molar-refractivity contribution in [2.75, 3.05) is 11.9 Å². The van der Waals surface area contributed by atoms with Crippen molar-refractivity contribution in [2.45, 2.75) is 19.3 Å². The Bertz CT molecular complexity index is 1530. The van der Waals surface area contributed by atoms with E-state index in [-0.39, 0.29) is 11.2 Å². The third-order valence-electron chi connectivity index (χ3n) is 6.91. The molecule has 1 aromatic heterocycles. The van der Waals surface area contributed by atoms with E-state index in [0.29, 0.717) is 22.6 Å². The first kappa shape index (κ1) is 20.4. The highest BCUT2D eigenvalue weighted by Gasteiger charge is 2.38. The molecular formula is C30H24N2O2. The average molecular weight is 445 g/mol. The minimum Gasteiger partial charge on any atom is -0.436 e. The van der Waals surface area contributed by atoms with Crippen molar-refractivity contribution in [3.05, 3.63) is 113 Å². The summed E-state index contributed by atoms with van der Waals surface area (Å²) in [7, 11) is 2.08. The Labute approximate surface area is 198 Å². The fraction of sp³-hybridized carbons (Fsp3) is 0.133. The van der Waals surface area contributed by atoms with Gasteiger partial charge in [0.15, 0.2) is 11.4 Å². The van der Waals surface area contributed by atoms with E-state index < -0.39 is 0 Å². The number of hydrogen-bond donors (Lipinski definition) is 0. The van der Waals surface area contributed by atoms with E-state index in [0.717, 1.165) is 22.3 Å². The second-order valence-corrected chi connectivity index (χ2v) is 9.29. The third-order valence-corrected chi connectivity index (χ3v) is 6.91. The first-order chi connectivity index (χ1) is 16.4. The summed E-state index contributed by atoms with van der Waals surface area (Å²) in [5.74, 6) is 0.267. The van der Waals surface area contributed by atoms with Gasteiger partial charge in [0.2, 0.25) is 5.89 Å². The number of benzene rings is 3. The highest BCUT2D eigenvalue weighted by Crippen LogP contribution is 2.47. The zero-order chi connectivity index (χ0) is 23.4. The van der Waals surface area contributed by atoms with Crippen LogP contribution in [0.2, 0.25) is 0 Å². The van der Waals surface area contributed by atoms with E-state index >= 15 is 0 Å². The van der Waals surface area contributed by atoms with Gasteiger partial charge in [-0.05, 0) is 53.1 Å². The minimum absolute atomic E-state index is 0.0851. The molecule has 2 heterocycles. The molecule has 0 atom stereocenters. The highest BCUT2D eigenvalue weighted by atomic mass is 16.3. The van der Waals surface area contributed by atoms with Gasteiger partial charge in [0.05, 0.1) is 5.57 Å². The van der Waals surface area contributed by atoms with Gasteiger partial charge >= 0.3 is 0 Å². The number of para-hydroxylation sites is 3. The Morgan fingerprint density at radius 3 is 2.47 bits per heavy atom. The lowest BCUT2D eigenvalue weighted by Crippen LogP contribution is -2.22. The molecule has 2 aliphatic rings. The first-order valence-corrected chi connectivity index (χ1v) is 11.4. The summed E-state index contributed by atoms with van der Waals surface area (Å²) in [5.41, 5.74) is 7.87. The van der Waals surface area contributed by atoms with E-state index in [2.05, 4.69) is 61.1 Å². The number of likely N-dealkylation sites (N-methyl/N-ethyl adjacent to an activating group) is 1. The molecule has 166 valence electrons. The van der Waals surface area contributed by atoms with Crippen LogP contribution in [-0.2, 0) is 10.2 Å². The molecule has 34 heavy (non-hydrogen) atoms. The average Bonchev–Trinajstić information content (AvgIpc) is 3.36. The van der Waals surface area contributed by atoms with Crippen LogP contribution in [0, 0.1) is 0 Å². The Morgan fingerprint density at radius 1 is 0.912 bits per heavy atom. The van der Waals surface area contributed by atoms with Crippen molar-refractivity contribution in [2.24, 2.45) is 0 Å². The molecule has 1 aliphatic carbocycles. The molecule has 1 aliphatic heterocycles. The Balaban J connectivity index is 1.48. The molecular weight excluding hydrogens is 420 g/mol. The number of Topliss-reactive ketones (excluding diaryl/α,β-unsaturated/α-hetero) is 1. The topological polar surface area (TPSA) is 46.3 Å². The van der Waals surface area contributed by atoms with Crippen LogP contribution in [0.15, 0.2) is 95.1 Å². The minimum atomic E-state index is -0.168. The maximum atomic E-state index is 13.8. The Hall–Kier alpha value is -4.18. The number of carbonyl (C=O) groups is 1. The Morgan fingerprint density at radius 2 is 1.65 bits per heavy atom. The molecule has 0 amide bonds. The number of fused-ring (bicyclic) bond motifs is 3. The lowest BCUT2D eigenvalue weighted by molar-refractivity contribution is -0.108. The van der Waals surface area contributed by atoms with Crippen LogP contribution in [0.3, 0.4) is 0 Å². The van der Waals surface area contributed by atoms with E-state index in [9.17, 15) is 4.79 Å². The van der Waals surface area contributed by atoms with Crippen molar-refractivity contribution in [1.29, 1.82) is 0 Å². The quantitative estimate of drug-likeness (QED) is 0.325. The molecule has 4 aromatic rings. The van der Waals surface area contributed by atoms with Gasteiger partial charge < -0.3 is 9.32 Å². The summed E-state index contributed by atoms with van der Waals surface area (Å²) >= 11 is 0. The molecule has 0 fully saturated rings. The summed E-state index contributed by atoms with van der Waals surface area (Å²) in [6, 6.07) is 24.0. The molecule has 6 rings (SSSR count). The monoisotopic (exact) mass is 444 g/mol. The van der Waals surface area contributed by atoms with Gasteiger partial charge in [0.1, 0.15) is 5.52 Å². The molecule has 0 N–H and O–H groups in total. The summed E-state index contributed by atoms with van der Waals surface area (Å²) in [4.78, 5) is 20.6. The SMILES string of the molecule is CN1/C(=C\C=C2/C(=O)C(c3nc4ccccc4o3)=Cc3ccccc32)C(C)(C)c2ccccc21. The van der Waals surface area contributed by atoms with Gasteiger partial charge in [-0.25, -0.2) is 4.98 Å². The maximum Gasteiger partial charge on any atom is 0.231 e. The smallest absolute Gasteiger partial charge is 0.231 e. The zero-order valence-electron chi connectivity index (χ0n) is 19.4. The molecule has 0 spiro atoms. The first-order valence-electron chi connectivity index (χ1n) is 11.4. The van der Waals surface area contributed by atoms with E-state index in [1.54, 1.807) is 0 Å². The normalized spacial score (nSPS) is 19.0. The van der Waals surface area contributed by atoms with Crippen molar-refractivity contribution in [3.63, 3.8) is 0 Å². The molecule has 3 aromatic carbocycles. The van der Waals surface area contributed by atoms with Crippen molar-refractivity contribution in [1.82, 2.24) is 4.98 Å². The van der Waals surface area contributed by atoms with Crippen LogP contribution < -0.4 is 4.90 Å². The number of oxazole rings is 1. The largest absolute Gasteiger partial charge is 0.436 e. The highest BCUT2D eigenvalue weighted by molar-refractivity contribution is 6.46. The molecule has 0 bridgehead atoms. The second kappa shape index (κ2) is 7.42. The van der Waals surface area contributed by atoms with Crippen LogP contribution in [-0.4, -0.2) is 17.8 Å². The van der Waals surface area contributed by atoms with Gasteiger partial charge in [-0.3, -0.25) is 4.79 Å². The molecule has 0 radical (unpaired) electrons. The lowest BCUT2D eigenvalue weighted by atomic mass is 9.83. The number of anilines is 1. The van der Waals surface area contributed by atoms with Crippen LogP contribution in [0.1, 0.15) is 36.4 Å². The number of hydrogen-bond acceptors (Lipinski definition) is 4. The van der Waals surface area contributed by atoms with Crippen molar-refractivity contribution in [3.8, 4) is 0 Å². The zero-order valence-corrected chi connectivity index (χ0v) is 19.4. The van der Waals surface area contributed by atoms with Crippen LogP contribution in [0.25, 0.3) is 28.3 Å².